The summed E-state index contributed by atoms with van der Waals surface area (Å²) in [4.78, 5) is 0. The number of benzene rings is 3. The molecule has 4 N–H and O–H groups in total. The van der Waals surface area contributed by atoms with E-state index in [0.717, 1.165) is 28.7 Å². The van der Waals surface area contributed by atoms with Crippen molar-refractivity contribution >= 4 is 0 Å². The van der Waals surface area contributed by atoms with Gasteiger partial charge in [0.25, 0.3) is 0 Å². The zero-order chi connectivity index (χ0) is 23.0. The molecule has 5 atom stereocenters. The summed E-state index contributed by atoms with van der Waals surface area (Å²) in [5.41, 5.74) is 3.80. The van der Waals surface area contributed by atoms with Crippen LogP contribution in [-0.2, 0) is 11.2 Å². The predicted molar refractivity (Wildman–Crippen MR) is 123 cm³/mol. The monoisotopic (exact) mass is 434 g/mol. The topological polar surface area (TPSA) is 90.2 Å². The van der Waals surface area contributed by atoms with Gasteiger partial charge >= 0.3 is 0 Å². The van der Waals surface area contributed by atoms with Crippen molar-refractivity contribution in [3.63, 3.8) is 0 Å². The van der Waals surface area contributed by atoms with E-state index in [1.165, 1.54) is 6.07 Å². The minimum Gasteiger partial charge on any atom is -0.508 e. The van der Waals surface area contributed by atoms with Crippen molar-refractivity contribution in [1.82, 2.24) is 0 Å². The number of aromatic hydroxyl groups is 4. The van der Waals surface area contributed by atoms with E-state index in [-0.39, 0.29) is 53.0 Å². The van der Waals surface area contributed by atoms with Crippen molar-refractivity contribution in [1.29, 1.82) is 0 Å². The van der Waals surface area contributed by atoms with Gasteiger partial charge in [-0.3, -0.25) is 0 Å². The van der Waals surface area contributed by atoms with Gasteiger partial charge in [-0.1, -0.05) is 45.0 Å². The second-order valence-electron chi connectivity index (χ2n) is 9.03. The summed E-state index contributed by atoms with van der Waals surface area (Å²) in [6.45, 7) is 6.37. The maximum Gasteiger partial charge on any atom is 0.157 e. The Morgan fingerprint density at radius 2 is 1.28 bits per heavy atom. The average Bonchev–Trinajstić information content (AvgIpc) is 3.07. The summed E-state index contributed by atoms with van der Waals surface area (Å²) in [7, 11) is 0. The molecule has 1 heterocycles. The van der Waals surface area contributed by atoms with E-state index in [1.54, 1.807) is 30.3 Å². The Balaban J connectivity index is 1.58. The van der Waals surface area contributed by atoms with Crippen molar-refractivity contribution in [2.75, 3.05) is 0 Å². The lowest BCUT2D eigenvalue weighted by atomic mass is 9.84. The van der Waals surface area contributed by atoms with Crippen molar-refractivity contribution in [2.45, 2.75) is 45.3 Å². The van der Waals surface area contributed by atoms with Crippen LogP contribution in [0.3, 0.4) is 0 Å². The first-order valence-electron chi connectivity index (χ1n) is 11.0. The van der Waals surface area contributed by atoms with E-state index >= 15 is 0 Å². The van der Waals surface area contributed by atoms with Crippen LogP contribution in [0.25, 0.3) is 0 Å². The van der Waals surface area contributed by atoms with Gasteiger partial charge < -0.3 is 25.2 Å². The van der Waals surface area contributed by atoms with Crippen molar-refractivity contribution < 1.29 is 25.2 Å². The third-order valence-corrected chi connectivity index (χ3v) is 6.79. The van der Waals surface area contributed by atoms with E-state index in [4.69, 9.17) is 4.74 Å². The molecule has 0 saturated carbocycles. The van der Waals surface area contributed by atoms with Crippen molar-refractivity contribution in [3.8, 4) is 23.0 Å². The normalized spacial score (nSPS) is 23.8. The van der Waals surface area contributed by atoms with E-state index in [9.17, 15) is 20.4 Å². The standard InChI is InChI=1S/C27H30O5/c1-15(12-18-4-8-21(28)9-5-18)22-13-19(6-10-23(22)29)26-16(2)17(3)27(32-26)20-7-11-24(30)25(31)14-20/h4-11,13-17,26-31H,12H2,1-3H3. The number of phenolic OH excluding ortho intramolecular Hbond substituents is 4. The maximum absolute atomic E-state index is 10.5. The first-order valence-corrected chi connectivity index (χ1v) is 11.0. The molecular weight excluding hydrogens is 404 g/mol. The molecule has 0 aliphatic carbocycles. The molecule has 0 bridgehead atoms. The van der Waals surface area contributed by atoms with Gasteiger partial charge in [-0.15, -0.1) is 0 Å². The Hall–Kier alpha value is -3.18. The van der Waals surface area contributed by atoms with E-state index in [1.807, 2.05) is 24.3 Å². The molecule has 3 aromatic carbocycles. The third kappa shape index (κ3) is 4.26. The maximum atomic E-state index is 10.5. The molecule has 5 unspecified atom stereocenters. The predicted octanol–water partition coefficient (Wildman–Crippen LogP) is 5.94. The smallest absolute Gasteiger partial charge is 0.157 e. The van der Waals surface area contributed by atoms with Gasteiger partial charge in [-0.05, 0) is 82.8 Å². The molecule has 1 aliphatic rings. The van der Waals surface area contributed by atoms with Crippen LogP contribution >= 0.6 is 0 Å². The lowest BCUT2D eigenvalue weighted by Crippen LogP contribution is -2.10. The summed E-state index contributed by atoms with van der Waals surface area (Å²) < 4.78 is 6.46. The van der Waals surface area contributed by atoms with Crippen LogP contribution in [0.15, 0.2) is 60.7 Å². The van der Waals surface area contributed by atoms with Gasteiger partial charge in [0, 0.05) is 0 Å². The largest absolute Gasteiger partial charge is 0.508 e. The Morgan fingerprint density at radius 1 is 0.719 bits per heavy atom. The van der Waals surface area contributed by atoms with Crippen LogP contribution in [-0.4, -0.2) is 20.4 Å². The number of hydrogen-bond donors (Lipinski definition) is 4. The van der Waals surface area contributed by atoms with Gasteiger partial charge in [0.05, 0.1) is 12.2 Å². The summed E-state index contributed by atoms with van der Waals surface area (Å²) in [6, 6.07) is 17.7. The Kier molecular flexibility index (Phi) is 6.02. The first-order chi connectivity index (χ1) is 15.2. The van der Waals surface area contributed by atoms with Gasteiger partial charge in [-0.2, -0.15) is 0 Å². The molecule has 32 heavy (non-hydrogen) atoms. The van der Waals surface area contributed by atoms with Crippen molar-refractivity contribution in [3.05, 3.63) is 82.9 Å². The van der Waals surface area contributed by atoms with Crippen LogP contribution in [0.1, 0.15) is 61.2 Å². The quantitative estimate of drug-likeness (QED) is 0.373. The molecule has 4 rings (SSSR count). The van der Waals surface area contributed by atoms with Gasteiger partial charge in [-0.25, -0.2) is 0 Å². The zero-order valence-corrected chi connectivity index (χ0v) is 18.6. The average molecular weight is 435 g/mol. The van der Waals surface area contributed by atoms with Gasteiger partial charge in [0.15, 0.2) is 11.5 Å². The minimum atomic E-state index is -0.201. The van der Waals surface area contributed by atoms with E-state index < -0.39 is 0 Å². The highest BCUT2D eigenvalue weighted by Crippen LogP contribution is 2.50. The van der Waals surface area contributed by atoms with Gasteiger partial charge in [0.2, 0.25) is 0 Å². The molecular formula is C27H30O5. The molecule has 1 saturated heterocycles. The fourth-order valence-electron chi connectivity index (χ4n) is 4.68. The second kappa shape index (κ2) is 8.75. The summed E-state index contributed by atoms with van der Waals surface area (Å²) >= 11 is 0. The van der Waals surface area contributed by atoms with E-state index in [2.05, 4.69) is 20.8 Å². The lowest BCUT2D eigenvalue weighted by molar-refractivity contribution is 0.0288. The number of phenols is 4. The molecule has 5 nitrogen and oxygen atoms in total. The number of hydrogen-bond acceptors (Lipinski definition) is 5. The minimum absolute atomic E-state index is 0.0819. The zero-order valence-electron chi connectivity index (χ0n) is 18.6. The fraction of sp³-hybridized carbons (Fsp3) is 0.333. The Bertz CT molecular complexity index is 1090. The van der Waals surface area contributed by atoms with Crippen LogP contribution < -0.4 is 0 Å². The Morgan fingerprint density at radius 3 is 1.88 bits per heavy atom. The molecule has 0 radical (unpaired) electrons. The van der Waals surface area contributed by atoms with Crippen LogP contribution in [0.4, 0.5) is 0 Å². The first kappa shape index (κ1) is 22.0. The number of ether oxygens (including phenoxy) is 1. The van der Waals surface area contributed by atoms with Crippen LogP contribution in [0.2, 0.25) is 0 Å². The summed E-state index contributed by atoms with van der Waals surface area (Å²) in [5.74, 6) is 0.719. The highest BCUT2D eigenvalue weighted by Gasteiger charge is 2.41. The lowest BCUT2D eigenvalue weighted by Gasteiger charge is -2.20. The van der Waals surface area contributed by atoms with Crippen LogP contribution in [0, 0.1) is 11.8 Å². The van der Waals surface area contributed by atoms with E-state index in [0.29, 0.717) is 0 Å². The molecule has 0 spiro atoms. The fourth-order valence-corrected chi connectivity index (χ4v) is 4.68. The summed E-state index contributed by atoms with van der Waals surface area (Å²) in [5, 5.41) is 39.6. The molecule has 3 aromatic rings. The second-order valence-corrected chi connectivity index (χ2v) is 9.03. The SMILES string of the molecule is CC(Cc1ccc(O)cc1)c1cc(C2OC(c3ccc(O)c(O)c3)C(C)C2C)ccc1O. The molecule has 1 fully saturated rings. The number of rotatable bonds is 5. The van der Waals surface area contributed by atoms with Gasteiger partial charge in [0.1, 0.15) is 11.5 Å². The molecule has 1 aliphatic heterocycles. The highest BCUT2D eigenvalue weighted by atomic mass is 16.5. The molecule has 168 valence electrons. The molecule has 0 aromatic heterocycles. The highest BCUT2D eigenvalue weighted by molar-refractivity contribution is 5.43. The molecule has 5 heteroatoms. The van der Waals surface area contributed by atoms with Crippen LogP contribution in [0.5, 0.6) is 23.0 Å². The molecule has 0 amide bonds. The third-order valence-electron chi connectivity index (χ3n) is 6.79. The van der Waals surface area contributed by atoms with Crippen molar-refractivity contribution in [2.24, 2.45) is 11.8 Å². The summed E-state index contributed by atoms with van der Waals surface area (Å²) in [6.07, 6.45) is 0.392. The Labute approximate surface area is 188 Å².